The second kappa shape index (κ2) is 4.79. The van der Waals surface area contributed by atoms with Gasteiger partial charge >= 0.3 is 0 Å². The van der Waals surface area contributed by atoms with E-state index in [1.807, 2.05) is 6.92 Å². The summed E-state index contributed by atoms with van der Waals surface area (Å²) < 4.78 is 29.0. The first-order valence-corrected chi connectivity index (χ1v) is 7.92. The molecule has 92 valence electrons. The van der Waals surface area contributed by atoms with Crippen molar-refractivity contribution in [2.45, 2.75) is 17.7 Å². The predicted molar refractivity (Wildman–Crippen MR) is 70.7 cm³/mol. The average molecular weight is 336 g/mol. The Kier molecular flexibility index (Phi) is 3.55. The molecule has 5 nitrogen and oxygen atoms in total. The van der Waals surface area contributed by atoms with Crippen LogP contribution < -0.4 is 4.72 Å². The van der Waals surface area contributed by atoms with Gasteiger partial charge in [-0.15, -0.1) is 11.3 Å². The summed E-state index contributed by atoms with van der Waals surface area (Å²) in [4.78, 5) is 0. The molecule has 0 atom stereocenters. The molecule has 0 aromatic carbocycles. The third-order valence-electron chi connectivity index (χ3n) is 2.02. The van der Waals surface area contributed by atoms with Crippen molar-refractivity contribution in [1.82, 2.24) is 9.78 Å². The maximum Gasteiger partial charge on any atom is 0.272 e. The lowest BCUT2D eigenvalue weighted by molar-refractivity contribution is 0.602. The highest BCUT2D eigenvalue weighted by Crippen LogP contribution is 2.27. The Morgan fingerprint density at radius 3 is 2.76 bits per heavy atom. The smallest absolute Gasteiger partial charge is 0.271 e. The van der Waals surface area contributed by atoms with Crippen molar-refractivity contribution in [2.24, 2.45) is 0 Å². The molecule has 1 N–H and O–H groups in total. The van der Waals surface area contributed by atoms with E-state index in [0.29, 0.717) is 12.4 Å². The predicted octanol–water partition coefficient (Wildman–Crippen LogP) is 2.53. The number of nitrogens with zero attached hydrogens (tertiary/aromatic N) is 2. The maximum absolute atomic E-state index is 11.9. The van der Waals surface area contributed by atoms with Crippen LogP contribution in [0.4, 0.5) is 5.82 Å². The molecule has 0 saturated carbocycles. The van der Waals surface area contributed by atoms with Crippen LogP contribution in [0.3, 0.4) is 0 Å². The van der Waals surface area contributed by atoms with Gasteiger partial charge in [-0.3, -0.25) is 9.40 Å². The Morgan fingerprint density at radius 2 is 2.24 bits per heavy atom. The molecule has 0 amide bonds. The van der Waals surface area contributed by atoms with Crippen molar-refractivity contribution >= 4 is 43.1 Å². The summed E-state index contributed by atoms with van der Waals surface area (Å²) >= 11 is 4.39. The van der Waals surface area contributed by atoms with Crippen LogP contribution in [0, 0.1) is 0 Å². The largest absolute Gasteiger partial charge is 0.272 e. The van der Waals surface area contributed by atoms with Gasteiger partial charge in [-0.25, -0.2) is 8.42 Å². The van der Waals surface area contributed by atoms with Crippen LogP contribution in [0.2, 0.25) is 0 Å². The molecule has 2 aromatic heterocycles. The van der Waals surface area contributed by atoms with Crippen LogP contribution in [-0.4, -0.2) is 18.2 Å². The molecule has 0 saturated heterocycles. The minimum atomic E-state index is -3.52. The second-order valence-corrected chi connectivity index (χ2v) is 7.59. The van der Waals surface area contributed by atoms with Gasteiger partial charge < -0.3 is 0 Å². The molecule has 2 heterocycles. The van der Waals surface area contributed by atoms with E-state index in [0.717, 1.165) is 15.1 Å². The van der Waals surface area contributed by atoms with Gasteiger partial charge in [0.05, 0.1) is 3.79 Å². The molecule has 0 aliphatic heterocycles. The number of aryl methyl sites for hydroxylation is 1. The first-order chi connectivity index (χ1) is 8.01. The van der Waals surface area contributed by atoms with Gasteiger partial charge in [-0.1, -0.05) is 0 Å². The third-order valence-corrected chi connectivity index (χ3v) is 5.49. The van der Waals surface area contributed by atoms with Crippen LogP contribution in [-0.2, 0) is 16.6 Å². The number of aromatic nitrogens is 2. The number of thiophene rings is 1. The quantitative estimate of drug-likeness (QED) is 0.933. The van der Waals surface area contributed by atoms with E-state index in [1.54, 1.807) is 29.1 Å². The number of nitrogens with one attached hydrogen (secondary N) is 1. The van der Waals surface area contributed by atoms with Crippen LogP contribution in [0.15, 0.2) is 32.4 Å². The van der Waals surface area contributed by atoms with E-state index in [2.05, 4.69) is 25.8 Å². The second-order valence-electron chi connectivity index (χ2n) is 3.22. The summed E-state index contributed by atoms with van der Waals surface area (Å²) in [7, 11) is -3.52. The lowest BCUT2D eigenvalue weighted by Gasteiger charge is -2.02. The Hall–Kier alpha value is -0.860. The molecular formula is C9H10BrN3O2S2. The maximum atomic E-state index is 11.9. The summed E-state index contributed by atoms with van der Waals surface area (Å²) in [6.45, 7) is 2.63. The molecular weight excluding hydrogens is 326 g/mol. The number of hydrogen-bond acceptors (Lipinski definition) is 4. The fraction of sp³-hybridized carbons (Fsp3) is 0.222. The summed E-state index contributed by atoms with van der Waals surface area (Å²) in [5.41, 5.74) is 0. The fourth-order valence-corrected chi connectivity index (χ4v) is 4.23. The molecule has 2 aromatic rings. The van der Waals surface area contributed by atoms with Crippen LogP contribution >= 0.6 is 27.3 Å². The fourth-order valence-electron chi connectivity index (χ4n) is 1.22. The minimum Gasteiger partial charge on any atom is -0.271 e. The van der Waals surface area contributed by atoms with Crippen molar-refractivity contribution in [2.75, 3.05) is 4.72 Å². The molecule has 17 heavy (non-hydrogen) atoms. The molecule has 2 rings (SSSR count). The van der Waals surface area contributed by atoms with Gasteiger partial charge in [0.25, 0.3) is 10.0 Å². The molecule has 0 unspecified atom stereocenters. The van der Waals surface area contributed by atoms with E-state index in [-0.39, 0.29) is 4.21 Å². The summed E-state index contributed by atoms with van der Waals surface area (Å²) in [5.74, 6) is 0.330. The van der Waals surface area contributed by atoms with E-state index in [4.69, 9.17) is 0 Å². The van der Waals surface area contributed by atoms with Crippen molar-refractivity contribution in [3.63, 3.8) is 0 Å². The number of anilines is 1. The number of rotatable bonds is 4. The summed E-state index contributed by atoms with van der Waals surface area (Å²) in [5, 5.41) is 4.07. The van der Waals surface area contributed by atoms with E-state index >= 15 is 0 Å². The van der Waals surface area contributed by atoms with Crippen LogP contribution in [0.5, 0.6) is 0 Å². The van der Waals surface area contributed by atoms with Gasteiger partial charge in [0, 0.05) is 18.8 Å². The molecule has 0 aliphatic carbocycles. The number of halogens is 1. The molecule has 0 aliphatic rings. The lowest BCUT2D eigenvalue weighted by atomic mass is 10.7. The molecule has 0 fully saturated rings. The van der Waals surface area contributed by atoms with Crippen molar-refractivity contribution in [3.8, 4) is 0 Å². The monoisotopic (exact) mass is 335 g/mol. The average Bonchev–Trinajstić information content (AvgIpc) is 2.86. The van der Waals surface area contributed by atoms with Gasteiger partial charge in [-0.05, 0) is 35.0 Å². The highest BCUT2D eigenvalue weighted by atomic mass is 79.9. The normalized spacial score (nSPS) is 11.6. The van der Waals surface area contributed by atoms with Crippen molar-refractivity contribution in [1.29, 1.82) is 0 Å². The van der Waals surface area contributed by atoms with Gasteiger partial charge in [0.1, 0.15) is 4.21 Å². The number of hydrogen-bond donors (Lipinski definition) is 1. The Bertz CT molecular complexity index is 618. The number of sulfonamides is 1. The highest BCUT2D eigenvalue weighted by Gasteiger charge is 2.17. The molecule has 8 heteroatoms. The Balaban J connectivity index is 2.23. The van der Waals surface area contributed by atoms with Crippen LogP contribution in [0.25, 0.3) is 0 Å². The Labute approximate surface area is 112 Å². The van der Waals surface area contributed by atoms with Gasteiger partial charge in [-0.2, -0.15) is 5.10 Å². The van der Waals surface area contributed by atoms with Gasteiger partial charge in [0.15, 0.2) is 5.82 Å². The first kappa shape index (κ1) is 12.6. The lowest BCUT2D eigenvalue weighted by Crippen LogP contribution is -2.12. The SMILES string of the molecule is CCn1ccc(NS(=O)(=O)c2ccc(Br)s2)n1. The molecule has 0 bridgehead atoms. The molecule has 0 spiro atoms. The van der Waals surface area contributed by atoms with E-state index in [1.165, 1.54) is 0 Å². The zero-order valence-corrected chi connectivity index (χ0v) is 12.1. The Morgan fingerprint density at radius 1 is 1.47 bits per heavy atom. The topological polar surface area (TPSA) is 64.0 Å². The minimum absolute atomic E-state index is 0.260. The van der Waals surface area contributed by atoms with Crippen LogP contribution in [0.1, 0.15) is 6.92 Å². The summed E-state index contributed by atoms with van der Waals surface area (Å²) in [6.07, 6.45) is 1.72. The summed E-state index contributed by atoms with van der Waals surface area (Å²) in [6, 6.07) is 4.88. The standard InChI is InChI=1S/C9H10BrN3O2S2/c1-2-13-6-5-8(11-13)12-17(14,15)9-4-3-7(10)16-9/h3-6H,2H2,1H3,(H,11,12). The van der Waals surface area contributed by atoms with Crippen molar-refractivity contribution < 1.29 is 8.42 Å². The third kappa shape index (κ3) is 2.88. The zero-order chi connectivity index (χ0) is 12.5. The first-order valence-electron chi connectivity index (χ1n) is 4.83. The van der Waals surface area contributed by atoms with E-state index in [9.17, 15) is 8.42 Å². The van der Waals surface area contributed by atoms with Gasteiger partial charge in [0.2, 0.25) is 0 Å². The van der Waals surface area contributed by atoms with Crippen molar-refractivity contribution in [3.05, 3.63) is 28.2 Å². The molecule has 0 radical (unpaired) electrons. The zero-order valence-electron chi connectivity index (χ0n) is 8.92. The van der Waals surface area contributed by atoms with E-state index < -0.39 is 10.0 Å². The highest BCUT2D eigenvalue weighted by molar-refractivity contribution is 9.11.